The number of halogens is 1. The van der Waals surface area contributed by atoms with Crippen molar-refractivity contribution in [2.75, 3.05) is 26.7 Å². The van der Waals surface area contributed by atoms with Crippen LogP contribution in [0.15, 0.2) is 42.5 Å². The van der Waals surface area contributed by atoms with Crippen LogP contribution in [0.2, 0.25) is 0 Å². The molecule has 0 amide bonds. The van der Waals surface area contributed by atoms with Crippen molar-refractivity contribution in [3.8, 4) is 11.5 Å². The van der Waals surface area contributed by atoms with Gasteiger partial charge in [-0.3, -0.25) is 4.90 Å². The Morgan fingerprint density at radius 3 is 2.72 bits per heavy atom. The molecule has 0 aliphatic carbocycles. The van der Waals surface area contributed by atoms with E-state index in [1.807, 2.05) is 18.2 Å². The average Bonchev–Trinajstić information content (AvgIpc) is 2.61. The van der Waals surface area contributed by atoms with Crippen molar-refractivity contribution in [2.24, 2.45) is 0 Å². The molecule has 4 nitrogen and oxygen atoms in total. The van der Waals surface area contributed by atoms with Crippen LogP contribution >= 0.6 is 22.6 Å². The quantitative estimate of drug-likeness (QED) is 0.679. The molecule has 0 unspecified atom stereocenters. The zero-order chi connectivity index (χ0) is 17.6. The number of rotatable bonds is 6. The molecule has 1 atom stereocenters. The number of benzene rings is 2. The lowest BCUT2D eigenvalue weighted by molar-refractivity contribution is 0.199. The fourth-order valence-corrected chi connectivity index (χ4v) is 3.97. The minimum Gasteiger partial charge on any atom is -0.493 e. The molecule has 0 radical (unpaired) electrons. The number of ether oxygens (including phenoxy) is 2. The summed E-state index contributed by atoms with van der Waals surface area (Å²) in [6.45, 7) is 6.92. The summed E-state index contributed by atoms with van der Waals surface area (Å²) in [6.07, 6.45) is 0. The van der Waals surface area contributed by atoms with Crippen LogP contribution < -0.4 is 14.8 Å². The summed E-state index contributed by atoms with van der Waals surface area (Å²) in [4.78, 5) is 2.48. The fraction of sp³-hybridized carbons (Fsp3) is 0.400. The third kappa shape index (κ3) is 5.09. The van der Waals surface area contributed by atoms with Crippen molar-refractivity contribution in [1.82, 2.24) is 10.2 Å². The Bertz CT molecular complexity index is 694. The Morgan fingerprint density at radius 2 is 2.00 bits per heavy atom. The standard InChI is InChI=1S/C20H25IN2O2/c1-15-12-23(9-8-22-15)13-17-10-18(21)20(19(11-17)24-2)25-14-16-6-4-3-5-7-16/h3-7,10-11,15,22H,8-9,12-14H2,1-2H3/t15-/m1/s1. The summed E-state index contributed by atoms with van der Waals surface area (Å²) >= 11 is 2.34. The molecule has 25 heavy (non-hydrogen) atoms. The van der Waals surface area contributed by atoms with Crippen LogP contribution in [-0.2, 0) is 13.2 Å². The van der Waals surface area contributed by atoms with Crippen molar-refractivity contribution in [3.05, 3.63) is 57.2 Å². The minimum absolute atomic E-state index is 0.544. The minimum atomic E-state index is 0.544. The molecule has 1 heterocycles. The van der Waals surface area contributed by atoms with E-state index in [2.05, 4.69) is 64.0 Å². The molecule has 1 aliphatic rings. The largest absolute Gasteiger partial charge is 0.493 e. The number of methoxy groups -OCH3 is 1. The van der Waals surface area contributed by atoms with Gasteiger partial charge in [0.25, 0.3) is 0 Å². The number of nitrogens with one attached hydrogen (secondary N) is 1. The van der Waals surface area contributed by atoms with Gasteiger partial charge in [0.05, 0.1) is 10.7 Å². The van der Waals surface area contributed by atoms with E-state index in [0.717, 1.165) is 46.8 Å². The van der Waals surface area contributed by atoms with Gasteiger partial charge in [-0.25, -0.2) is 0 Å². The molecule has 1 N–H and O–H groups in total. The van der Waals surface area contributed by atoms with Gasteiger partial charge < -0.3 is 14.8 Å². The second-order valence-electron chi connectivity index (χ2n) is 6.47. The van der Waals surface area contributed by atoms with Crippen LogP contribution in [-0.4, -0.2) is 37.7 Å². The van der Waals surface area contributed by atoms with Gasteiger partial charge in [0.2, 0.25) is 0 Å². The highest BCUT2D eigenvalue weighted by atomic mass is 127. The fourth-order valence-electron chi connectivity index (χ4n) is 3.15. The van der Waals surface area contributed by atoms with E-state index >= 15 is 0 Å². The first-order valence-corrected chi connectivity index (χ1v) is 9.72. The van der Waals surface area contributed by atoms with Crippen molar-refractivity contribution in [1.29, 1.82) is 0 Å². The molecule has 1 saturated heterocycles. The molecule has 0 aromatic heterocycles. The molecule has 0 saturated carbocycles. The lowest BCUT2D eigenvalue weighted by atomic mass is 10.1. The molecule has 3 rings (SSSR count). The van der Waals surface area contributed by atoms with Crippen LogP contribution in [0, 0.1) is 3.57 Å². The van der Waals surface area contributed by atoms with E-state index < -0.39 is 0 Å². The van der Waals surface area contributed by atoms with Gasteiger partial charge in [0.15, 0.2) is 11.5 Å². The van der Waals surface area contributed by atoms with Gasteiger partial charge in [-0.1, -0.05) is 30.3 Å². The van der Waals surface area contributed by atoms with E-state index in [9.17, 15) is 0 Å². The second kappa shape index (κ2) is 8.87. The first-order valence-electron chi connectivity index (χ1n) is 8.64. The Kier molecular flexibility index (Phi) is 6.56. The van der Waals surface area contributed by atoms with E-state index in [1.54, 1.807) is 7.11 Å². The lowest BCUT2D eigenvalue weighted by Crippen LogP contribution is -2.48. The lowest BCUT2D eigenvalue weighted by Gasteiger charge is -2.32. The van der Waals surface area contributed by atoms with Gasteiger partial charge in [0.1, 0.15) is 6.61 Å². The molecule has 0 spiro atoms. The Hall–Kier alpha value is -1.31. The van der Waals surface area contributed by atoms with Crippen LogP contribution in [0.3, 0.4) is 0 Å². The smallest absolute Gasteiger partial charge is 0.174 e. The van der Waals surface area contributed by atoms with Gasteiger partial charge in [-0.2, -0.15) is 0 Å². The molecule has 1 aliphatic heterocycles. The van der Waals surface area contributed by atoms with E-state index in [1.165, 1.54) is 5.56 Å². The number of hydrogen-bond donors (Lipinski definition) is 1. The molecule has 2 aromatic carbocycles. The highest BCUT2D eigenvalue weighted by Gasteiger charge is 2.18. The first kappa shape index (κ1) is 18.5. The molecule has 2 aromatic rings. The zero-order valence-corrected chi connectivity index (χ0v) is 17.0. The molecule has 5 heteroatoms. The maximum absolute atomic E-state index is 6.05. The summed E-state index contributed by atoms with van der Waals surface area (Å²) in [7, 11) is 1.71. The zero-order valence-electron chi connectivity index (χ0n) is 14.8. The van der Waals surface area contributed by atoms with Gasteiger partial charge >= 0.3 is 0 Å². The molecular formula is C20H25IN2O2. The van der Waals surface area contributed by atoms with E-state index in [0.29, 0.717) is 12.6 Å². The predicted octanol–water partition coefficient (Wildman–Crippen LogP) is 3.67. The van der Waals surface area contributed by atoms with Crippen LogP contribution in [0.25, 0.3) is 0 Å². The molecule has 0 bridgehead atoms. The maximum atomic E-state index is 6.05. The van der Waals surface area contributed by atoms with Crippen LogP contribution in [0.5, 0.6) is 11.5 Å². The molecular weight excluding hydrogens is 427 g/mol. The second-order valence-corrected chi connectivity index (χ2v) is 7.64. The third-order valence-corrected chi connectivity index (χ3v) is 5.18. The summed E-state index contributed by atoms with van der Waals surface area (Å²) in [5, 5.41) is 3.49. The number of nitrogens with zero attached hydrogens (tertiary/aromatic N) is 1. The summed E-state index contributed by atoms with van der Waals surface area (Å²) in [6, 6.07) is 15.1. The normalized spacial score (nSPS) is 18.1. The number of piperazine rings is 1. The summed E-state index contributed by atoms with van der Waals surface area (Å²) < 4.78 is 12.7. The predicted molar refractivity (Wildman–Crippen MR) is 109 cm³/mol. The molecule has 134 valence electrons. The van der Waals surface area contributed by atoms with Crippen LogP contribution in [0.4, 0.5) is 0 Å². The van der Waals surface area contributed by atoms with Crippen molar-refractivity contribution < 1.29 is 9.47 Å². The summed E-state index contributed by atoms with van der Waals surface area (Å²) in [5.41, 5.74) is 2.42. The monoisotopic (exact) mass is 452 g/mol. The number of hydrogen-bond acceptors (Lipinski definition) is 4. The Morgan fingerprint density at radius 1 is 1.20 bits per heavy atom. The van der Waals surface area contributed by atoms with E-state index in [-0.39, 0.29) is 0 Å². The maximum Gasteiger partial charge on any atom is 0.174 e. The Balaban J connectivity index is 1.71. The Labute approximate surface area is 163 Å². The summed E-state index contributed by atoms with van der Waals surface area (Å²) in [5.74, 6) is 1.63. The van der Waals surface area contributed by atoms with Crippen molar-refractivity contribution >= 4 is 22.6 Å². The third-order valence-electron chi connectivity index (χ3n) is 4.37. The first-order chi connectivity index (χ1) is 12.2. The SMILES string of the molecule is COc1cc(CN2CCN[C@H](C)C2)cc(I)c1OCc1ccccc1. The van der Waals surface area contributed by atoms with E-state index in [4.69, 9.17) is 9.47 Å². The van der Waals surface area contributed by atoms with Gasteiger partial charge in [0, 0.05) is 32.2 Å². The van der Waals surface area contributed by atoms with Gasteiger partial charge in [-0.15, -0.1) is 0 Å². The van der Waals surface area contributed by atoms with Crippen LogP contribution in [0.1, 0.15) is 18.1 Å². The van der Waals surface area contributed by atoms with Gasteiger partial charge in [-0.05, 0) is 52.8 Å². The molecule has 1 fully saturated rings. The highest BCUT2D eigenvalue weighted by Crippen LogP contribution is 2.35. The van der Waals surface area contributed by atoms with Crippen molar-refractivity contribution in [3.63, 3.8) is 0 Å². The average molecular weight is 452 g/mol. The van der Waals surface area contributed by atoms with Crippen molar-refractivity contribution in [2.45, 2.75) is 26.1 Å². The topological polar surface area (TPSA) is 33.7 Å². The highest BCUT2D eigenvalue weighted by molar-refractivity contribution is 14.1.